The first-order chi connectivity index (χ1) is 15.5. The van der Waals surface area contributed by atoms with Crippen LogP contribution in [0.4, 0.5) is 0 Å². The van der Waals surface area contributed by atoms with E-state index in [-0.39, 0.29) is 17.4 Å². The standard InChI is InChI=1S/C26H30ClN3O2/c1-3-28-13-15-29(16-14-28)25(21-9-11-22(27)12-10-21)24-23(31)17-19(2)30(26(24)32)18-20-7-5-4-6-8-20/h4-12,17,25,31H,3,13-16,18H2,1-2H3/t25-/m1/s1. The van der Waals surface area contributed by atoms with Gasteiger partial charge in [-0.05, 0) is 42.8 Å². The van der Waals surface area contributed by atoms with E-state index in [0.717, 1.165) is 49.5 Å². The maximum atomic E-state index is 13.8. The van der Waals surface area contributed by atoms with E-state index in [1.165, 1.54) is 0 Å². The lowest BCUT2D eigenvalue weighted by atomic mass is 9.96. The first-order valence-corrected chi connectivity index (χ1v) is 11.5. The van der Waals surface area contributed by atoms with E-state index < -0.39 is 0 Å². The zero-order chi connectivity index (χ0) is 22.7. The molecule has 0 amide bonds. The molecule has 32 heavy (non-hydrogen) atoms. The molecule has 1 aromatic heterocycles. The van der Waals surface area contributed by atoms with Crippen molar-refractivity contribution in [3.05, 3.63) is 98.4 Å². The van der Waals surface area contributed by atoms with Gasteiger partial charge in [0.1, 0.15) is 5.75 Å². The molecule has 5 nitrogen and oxygen atoms in total. The van der Waals surface area contributed by atoms with E-state index >= 15 is 0 Å². The van der Waals surface area contributed by atoms with Crippen molar-refractivity contribution < 1.29 is 5.11 Å². The van der Waals surface area contributed by atoms with Gasteiger partial charge < -0.3 is 14.6 Å². The fourth-order valence-corrected chi connectivity index (χ4v) is 4.66. The average molecular weight is 452 g/mol. The monoisotopic (exact) mass is 451 g/mol. The maximum Gasteiger partial charge on any atom is 0.259 e. The fraction of sp³-hybridized carbons (Fsp3) is 0.346. The summed E-state index contributed by atoms with van der Waals surface area (Å²) >= 11 is 6.15. The molecule has 1 aliphatic heterocycles. The number of likely N-dealkylation sites (N-methyl/N-ethyl adjacent to an activating group) is 1. The van der Waals surface area contributed by atoms with Gasteiger partial charge in [0, 0.05) is 36.9 Å². The number of benzene rings is 2. The molecule has 2 heterocycles. The van der Waals surface area contributed by atoms with Crippen LogP contribution >= 0.6 is 11.6 Å². The predicted molar refractivity (Wildman–Crippen MR) is 130 cm³/mol. The van der Waals surface area contributed by atoms with Crippen LogP contribution in [0.2, 0.25) is 5.02 Å². The number of hydrogen-bond donors (Lipinski definition) is 1. The van der Waals surface area contributed by atoms with Crippen molar-refractivity contribution in [1.82, 2.24) is 14.4 Å². The maximum absolute atomic E-state index is 13.8. The lowest BCUT2D eigenvalue weighted by Gasteiger charge is -2.39. The molecule has 1 atom stereocenters. The summed E-state index contributed by atoms with van der Waals surface area (Å²) < 4.78 is 1.76. The van der Waals surface area contributed by atoms with E-state index in [0.29, 0.717) is 17.1 Å². The molecule has 1 saturated heterocycles. The lowest BCUT2D eigenvalue weighted by molar-refractivity contribution is 0.111. The third-order valence-electron chi connectivity index (χ3n) is 6.38. The molecule has 1 N–H and O–H groups in total. The highest BCUT2D eigenvalue weighted by atomic mass is 35.5. The fourth-order valence-electron chi connectivity index (χ4n) is 4.53. The van der Waals surface area contributed by atoms with Gasteiger partial charge in [-0.15, -0.1) is 0 Å². The lowest BCUT2D eigenvalue weighted by Crippen LogP contribution is -2.48. The molecule has 4 rings (SSSR count). The van der Waals surface area contributed by atoms with Crippen LogP contribution in [0.3, 0.4) is 0 Å². The number of nitrogens with zero attached hydrogens (tertiary/aromatic N) is 3. The summed E-state index contributed by atoms with van der Waals surface area (Å²) in [6, 6.07) is 18.9. The van der Waals surface area contributed by atoms with Crippen molar-refractivity contribution in [2.45, 2.75) is 26.4 Å². The molecule has 1 fully saturated rings. The summed E-state index contributed by atoms with van der Waals surface area (Å²) in [5.41, 5.74) is 3.03. The molecular formula is C26H30ClN3O2. The van der Waals surface area contributed by atoms with E-state index in [1.54, 1.807) is 10.6 Å². The Morgan fingerprint density at radius 1 is 1.00 bits per heavy atom. The van der Waals surface area contributed by atoms with Crippen LogP contribution in [0.1, 0.15) is 35.3 Å². The van der Waals surface area contributed by atoms with E-state index in [1.807, 2.05) is 61.5 Å². The van der Waals surface area contributed by atoms with Gasteiger partial charge in [-0.25, -0.2) is 0 Å². The Balaban J connectivity index is 1.80. The van der Waals surface area contributed by atoms with Crippen molar-refractivity contribution in [3.63, 3.8) is 0 Å². The number of rotatable bonds is 6. The molecule has 0 saturated carbocycles. The van der Waals surface area contributed by atoms with Gasteiger partial charge in [0.25, 0.3) is 5.56 Å². The predicted octanol–water partition coefficient (Wildman–Crippen LogP) is 4.29. The Kier molecular flexibility index (Phi) is 6.99. The zero-order valence-electron chi connectivity index (χ0n) is 18.7. The minimum atomic E-state index is -0.332. The van der Waals surface area contributed by atoms with Gasteiger partial charge in [0.2, 0.25) is 0 Å². The molecule has 2 aromatic carbocycles. The second-order valence-electron chi connectivity index (χ2n) is 8.39. The SMILES string of the molecule is CCN1CCN([C@H](c2ccc(Cl)cc2)c2c(O)cc(C)n(Cc3ccccc3)c2=O)CC1. The Hall–Kier alpha value is -2.60. The van der Waals surface area contributed by atoms with Crippen LogP contribution in [0.15, 0.2) is 65.5 Å². The summed E-state index contributed by atoms with van der Waals surface area (Å²) in [5, 5.41) is 11.7. The second kappa shape index (κ2) is 9.90. The summed E-state index contributed by atoms with van der Waals surface area (Å²) in [7, 11) is 0. The van der Waals surface area contributed by atoms with Gasteiger partial charge in [-0.2, -0.15) is 0 Å². The Bertz CT molecular complexity index is 1100. The van der Waals surface area contributed by atoms with Gasteiger partial charge in [-0.1, -0.05) is 61.0 Å². The smallest absolute Gasteiger partial charge is 0.259 e. The topological polar surface area (TPSA) is 48.7 Å². The Morgan fingerprint density at radius 2 is 1.66 bits per heavy atom. The highest BCUT2D eigenvalue weighted by Gasteiger charge is 2.31. The van der Waals surface area contributed by atoms with Crippen LogP contribution in [0, 0.1) is 6.92 Å². The van der Waals surface area contributed by atoms with Crippen molar-refractivity contribution in [1.29, 1.82) is 0 Å². The van der Waals surface area contributed by atoms with E-state index in [2.05, 4.69) is 16.7 Å². The van der Waals surface area contributed by atoms with Gasteiger partial charge in [0.15, 0.2) is 0 Å². The van der Waals surface area contributed by atoms with E-state index in [9.17, 15) is 9.90 Å². The summed E-state index contributed by atoms with van der Waals surface area (Å²) in [5.74, 6) is 0.0506. The summed E-state index contributed by atoms with van der Waals surface area (Å²) in [6.45, 7) is 9.04. The van der Waals surface area contributed by atoms with Crippen LogP contribution in [0.25, 0.3) is 0 Å². The molecule has 6 heteroatoms. The molecule has 0 radical (unpaired) electrons. The van der Waals surface area contributed by atoms with Crippen molar-refractivity contribution >= 4 is 11.6 Å². The highest BCUT2D eigenvalue weighted by molar-refractivity contribution is 6.30. The highest BCUT2D eigenvalue weighted by Crippen LogP contribution is 2.34. The van der Waals surface area contributed by atoms with Crippen molar-refractivity contribution in [2.24, 2.45) is 0 Å². The quantitative estimate of drug-likeness (QED) is 0.607. The second-order valence-corrected chi connectivity index (χ2v) is 8.82. The van der Waals surface area contributed by atoms with Crippen LogP contribution in [-0.4, -0.2) is 52.2 Å². The first kappa shape index (κ1) is 22.6. The first-order valence-electron chi connectivity index (χ1n) is 11.2. The summed E-state index contributed by atoms with van der Waals surface area (Å²) in [4.78, 5) is 18.5. The van der Waals surface area contributed by atoms with Crippen LogP contribution < -0.4 is 5.56 Å². The summed E-state index contributed by atoms with van der Waals surface area (Å²) in [6.07, 6.45) is 0. The van der Waals surface area contributed by atoms with Crippen molar-refractivity contribution in [2.75, 3.05) is 32.7 Å². The number of halogens is 1. The minimum absolute atomic E-state index is 0.0506. The third kappa shape index (κ3) is 4.75. The molecule has 0 bridgehead atoms. The number of aromatic nitrogens is 1. The van der Waals surface area contributed by atoms with Gasteiger partial charge in [-0.3, -0.25) is 9.69 Å². The van der Waals surface area contributed by atoms with Crippen LogP contribution in [-0.2, 0) is 6.54 Å². The minimum Gasteiger partial charge on any atom is -0.507 e. The number of piperazine rings is 1. The number of aryl methyl sites for hydroxylation is 1. The zero-order valence-corrected chi connectivity index (χ0v) is 19.4. The number of hydrogen-bond acceptors (Lipinski definition) is 4. The molecule has 168 valence electrons. The normalized spacial score (nSPS) is 16.2. The van der Waals surface area contributed by atoms with Crippen LogP contribution in [0.5, 0.6) is 5.75 Å². The molecular weight excluding hydrogens is 422 g/mol. The molecule has 3 aromatic rings. The Labute approximate surface area is 194 Å². The number of pyridine rings is 1. The van der Waals surface area contributed by atoms with Gasteiger partial charge in [0.05, 0.1) is 18.2 Å². The largest absolute Gasteiger partial charge is 0.507 e. The molecule has 0 spiro atoms. The van der Waals surface area contributed by atoms with Gasteiger partial charge >= 0.3 is 0 Å². The number of aromatic hydroxyl groups is 1. The molecule has 0 unspecified atom stereocenters. The molecule has 1 aliphatic rings. The van der Waals surface area contributed by atoms with E-state index in [4.69, 9.17) is 11.6 Å². The van der Waals surface area contributed by atoms with Crippen molar-refractivity contribution in [3.8, 4) is 5.75 Å². The Morgan fingerprint density at radius 3 is 2.28 bits per heavy atom. The third-order valence-corrected chi connectivity index (χ3v) is 6.64. The molecule has 0 aliphatic carbocycles. The average Bonchev–Trinajstić information content (AvgIpc) is 2.81.